The van der Waals surface area contributed by atoms with Gasteiger partial charge in [-0.15, -0.1) is 0 Å². The number of fused-ring (bicyclic) bond motifs is 1. The third kappa shape index (κ3) is 8.57. The van der Waals surface area contributed by atoms with Crippen molar-refractivity contribution in [1.29, 1.82) is 0 Å². The monoisotopic (exact) mass is 735 g/mol. The normalized spacial score (nSPS) is 18.0. The first-order chi connectivity index (χ1) is 26.0. The van der Waals surface area contributed by atoms with Gasteiger partial charge in [-0.3, -0.25) is 9.58 Å². The molecule has 0 unspecified atom stereocenters. The van der Waals surface area contributed by atoms with Crippen molar-refractivity contribution in [3.8, 4) is 23.0 Å². The molecule has 0 spiro atoms. The number of rotatable bonds is 10. The predicted molar refractivity (Wildman–Crippen MR) is 205 cm³/mol. The average molecular weight is 736 g/mol. The van der Waals surface area contributed by atoms with E-state index >= 15 is 8.78 Å². The van der Waals surface area contributed by atoms with Crippen LogP contribution in [0.25, 0.3) is 27.7 Å². The van der Waals surface area contributed by atoms with Crippen molar-refractivity contribution in [2.24, 2.45) is 13.0 Å². The molecule has 2 aromatic heterocycles. The Kier molecular flexibility index (Phi) is 11.0. The Morgan fingerprint density at radius 1 is 0.889 bits per heavy atom. The summed E-state index contributed by atoms with van der Waals surface area (Å²) in [6.45, 7) is 8.42. The van der Waals surface area contributed by atoms with E-state index in [0.717, 1.165) is 16.7 Å². The number of ether oxygens (including phenoxy) is 3. The minimum absolute atomic E-state index is 0.0370. The number of aromatic nitrogens is 3. The number of hydrogen-bond donors (Lipinski definition) is 0. The predicted octanol–water partition coefficient (Wildman–Crippen LogP) is 8.62. The van der Waals surface area contributed by atoms with Crippen molar-refractivity contribution in [3.05, 3.63) is 114 Å². The first-order valence-electron chi connectivity index (χ1n) is 18.6. The van der Waals surface area contributed by atoms with Gasteiger partial charge in [0.15, 0.2) is 5.82 Å². The molecular formula is C43H47F2N5O4. The maximum Gasteiger partial charge on any atom is 0.410 e. The zero-order chi connectivity index (χ0) is 37.8. The van der Waals surface area contributed by atoms with E-state index in [2.05, 4.69) is 4.90 Å². The summed E-state index contributed by atoms with van der Waals surface area (Å²) in [4.78, 5) is 20.9. The number of amides is 1. The smallest absolute Gasteiger partial charge is 0.410 e. The van der Waals surface area contributed by atoms with Gasteiger partial charge < -0.3 is 19.1 Å². The van der Waals surface area contributed by atoms with E-state index in [0.29, 0.717) is 85.1 Å². The first-order valence-corrected chi connectivity index (χ1v) is 18.6. The molecule has 2 aliphatic heterocycles. The van der Waals surface area contributed by atoms with Crippen molar-refractivity contribution in [1.82, 2.24) is 24.6 Å². The topological polar surface area (TPSA) is 82.0 Å². The lowest BCUT2D eigenvalue weighted by Crippen LogP contribution is -2.49. The number of nitrogens with zero attached hydrogens (tertiary/aromatic N) is 5. The highest BCUT2D eigenvalue weighted by Crippen LogP contribution is 2.38. The van der Waals surface area contributed by atoms with Gasteiger partial charge in [-0.2, -0.15) is 10.1 Å². The lowest BCUT2D eigenvalue weighted by molar-refractivity contribution is 0.00200. The minimum atomic E-state index is -1.13. The molecule has 0 saturated carbocycles. The zero-order valence-electron chi connectivity index (χ0n) is 31.3. The van der Waals surface area contributed by atoms with E-state index in [-0.39, 0.29) is 24.9 Å². The molecule has 282 valence electrons. The van der Waals surface area contributed by atoms with Gasteiger partial charge in [0.1, 0.15) is 36.2 Å². The van der Waals surface area contributed by atoms with Crippen LogP contribution in [-0.4, -0.2) is 75.2 Å². The third-order valence-electron chi connectivity index (χ3n) is 9.94. The Morgan fingerprint density at radius 2 is 1.57 bits per heavy atom. The van der Waals surface area contributed by atoms with E-state index < -0.39 is 17.9 Å². The van der Waals surface area contributed by atoms with Gasteiger partial charge in [0.25, 0.3) is 0 Å². The summed E-state index contributed by atoms with van der Waals surface area (Å²) in [6.07, 6.45) is 1.64. The fourth-order valence-electron chi connectivity index (χ4n) is 7.13. The molecule has 5 aromatic rings. The Labute approximate surface area is 315 Å². The van der Waals surface area contributed by atoms with Crippen LogP contribution in [0.1, 0.15) is 50.3 Å². The Bertz CT molecular complexity index is 2120. The van der Waals surface area contributed by atoms with Gasteiger partial charge in [-0.25, -0.2) is 13.6 Å². The number of carbonyl (C=O) groups is 1. The number of alkyl halides is 1. The molecule has 0 N–H and O–H groups in total. The second-order valence-corrected chi connectivity index (χ2v) is 15.1. The SMILES string of the molecule is Cn1nc(-c2ccc(OCc3ccccc3)nc2OCc2ccccc2)c2ccc(C3=CCN(C[C@H]4CCN(C(=O)OC(C)(C)C)C[C@H]4F)CC3)c(F)c21. The van der Waals surface area contributed by atoms with Gasteiger partial charge in [0, 0.05) is 56.2 Å². The van der Waals surface area contributed by atoms with E-state index in [1.54, 1.807) is 38.6 Å². The summed E-state index contributed by atoms with van der Waals surface area (Å²) in [5.41, 5.74) is 4.41. The van der Waals surface area contributed by atoms with Crippen molar-refractivity contribution >= 4 is 22.6 Å². The highest BCUT2D eigenvalue weighted by Gasteiger charge is 2.35. The lowest BCUT2D eigenvalue weighted by atomic mass is 9.92. The molecule has 0 radical (unpaired) electrons. The molecule has 54 heavy (non-hydrogen) atoms. The van der Waals surface area contributed by atoms with Crippen LogP contribution in [0.5, 0.6) is 11.8 Å². The van der Waals surface area contributed by atoms with Crippen LogP contribution in [-0.2, 0) is 25.0 Å². The van der Waals surface area contributed by atoms with Gasteiger partial charge >= 0.3 is 6.09 Å². The third-order valence-corrected chi connectivity index (χ3v) is 9.94. The van der Waals surface area contributed by atoms with E-state index in [4.69, 9.17) is 24.3 Å². The minimum Gasteiger partial charge on any atom is -0.473 e. The fourth-order valence-corrected chi connectivity index (χ4v) is 7.13. The standard InChI is InChI=1S/C43H47F2N5O4/c1-43(2,3)54-42(51)50-24-21-32(36(44)26-50)25-49-22-19-31(20-23-49)33-15-16-34-39(47-48(4)40(34)38(33)45)35-17-18-37(52-27-29-11-7-5-8-12-29)46-41(35)53-28-30-13-9-6-10-14-30/h5-19,32,36H,20-28H2,1-4H3/t32-,36-/m1/s1. The molecule has 2 atom stereocenters. The van der Waals surface area contributed by atoms with E-state index in [9.17, 15) is 4.79 Å². The number of piperidine rings is 1. The van der Waals surface area contributed by atoms with Crippen LogP contribution in [0.15, 0.2) is 91.0 Å². The molecule has 1 saturated heterocycles. The number of carbonyl (C=O) groups excluding carboxylic acids is 1. The molecule has 3 aromatic carbocycles. The molecule has 2 aliphatic rings. The van der Waals surface area contributed by atoms with Crippen LogP contribution in [0.2, 0.25) is 0 Å². The number of pyridine rings is 1. The maximum atomic E-state index is 16.5. The molecule has 7 rings (SSSR count). The van der Waals surface area contributed by atoms with Gasteiger partial charge in [-0.05, 0) is 62.4 Å². The Hall–Kier alpha value is -5.29. The molecule has 1 fully saturated rings. The van der Waals surface area contributed by atoms with E-state index in [1.165, 1.54) is 4.90 Å². The quantitative estimate of drug-likeness (QED) is 0.142. The lowest BCUT2D eigenvalue weighted by Gasteiger charge is -2.38. The summed E-state index contributed by atoms with van der Waals surface area (Å²) in [5.74, 6) is 0.232. The molecule has 4 heterocycles. The number of likely N-dealkylation sites (tertiary alicyclic amines) is 1. The highest BCUT2D eigenvalue weighted by atomic mass is 19.1. The summed E-state index contributed by atoms with van der Waals surface area (Å²) >= 11 is 0. The summed E-state index contributed by atoms with van der Waals surface area (Å²) in [6, 6.07) is 27.1. The van der Waals surface area contributed by atoms with Gasteiger partial charge in [-0.1, -0.05) is 72.8 Å². The Morgan fingerprint density at radius 3 is 2.22 bits per heavy atom. The second kappa shape index (κ2) is 16.0. The zero-order valence-corrected chi connectivity index (χ0v) is 31.3. The Balaban J connectivity index is 1.07. The van der Waals surface area contributed by atoms with Crippen molar-refractivity contribution < 1.29 is 27.8 Å². The number of hydrogen-bond acceptors (Lipinski definition) is 7. The van der Waals surface area contributed by atoms with Crippen LogP contribution in [0.4, 0.5) is 13.6 Å². The first kappa shape index (κ1) is 37.0. The number of halogens is 2. The number of aryl methyl sites for hydroxylation is 1. The maximum absolute atomic E-state index is 16.5. The van der Waals surface area contributed by atoms with E-state index in [1.807, 2.05) is 84.9 Å². The largest absolute Gasteiger partial charge is 0.473 e. The van der Waals surface area contributed by atoms with Gasteiger partial charge in [0.05, 0.1) is 12.1 Å². The van der Waals surface area contributed by atoms with Crippen molar-refractivity contribution in [2.45, 2.75) is 58.6 Å². The molecule has 11 heteroatoms. The van der Waals surface area contributed by atoms with Gasteiger partial charge in [0.2, 0.25) is 11.8 Å². The average Bonchev–Trinajstić information content (AvgIpc) is 3.51. The highest BCUT2D eigenvalue weighted by molar-refractivity contribution is 5.96. The summed E-state index contributed by atoms with van der Waals surface area (Å²) in [7, 11) is 1.74. The number of benzene rings is 3. The van der Waals surface area contributed by atoms with Crippen molar-refractivity contribution in [2.75, 3.05) is 32.7 Å². The molecule has 1 amide bonds. The van der Waals surface area contributed by atoms with Crippen LogP contribution >= 0.6 is 0 Å². The molecule has 0 aliphatic carbocycles. The van der Waals surface area contributed by atoms with Crippen molar-refractivity contribution in [3.63, 3.8) is 0 Å². The van der Waals surface area contributed by atoms with Crippen LogP contribution in [0, 0.1) is 11.7 Å². The van der Waals surface area contributed by atoms with Crippen LogP contribution in [0.3, 0.4) is 0 Å². The molecular weight excluding hydrogens is 689 g/mol. The van der Waals surface area contributed by atoms with Crippen LogP contribution < -0.4 is 9.47 Å². The second-order valence-electron chi connectivity index (χ2n) is 15.1. The summed E-state index contributed by atoms with van der Waals surface area (Å²) < 4.78 is 51.1. The fraction of sp³-hybridized carbons (Fsp3) is 0.372. The molecule has 0 bridgehead atoms. The molecule has 9 nitrogen and oxygen atoms in total. The summed E-state index contributed by atoms with van der Waals surface area (Å²) in [5, 5.41) is 5.43.